The number of hydrogen-bond donors (Lipinski definition) is 12. The minimum atomic E-state index is -2.27. The first-order chi connectivity index (χ1) is 48.1. The van der Waals surface area contributed by atoms with E-state index in [1.54, 1.807) is 84.9 Å². The van der Waals surface area contributed by atoms with E-state index in [0.29, 0.717) is 46.9 Å². The molecule has 28 heteroatoms. The molecule has 26 nitrogen and oxygen atoms in total. The largest absolute Gasteiger partial charge is 0.450 e. The molecule has 3 unspecified atom stereocenters. The van der Waals surface area contributed by atoms with Gasteiger partial charge in [-0.15, -0.1) is 0 Å². The number of carbonyl (C=O) groups is 10. The molecule has 0 radical (unpaired) electrons. The quantitative estimate of drug-likeness (QED) is 0.0141. The molecule has 3 aromatic carbocycles. The van der Waals surface area contributed by atoms with Crippen LogP contribution in [-0.2, 0) is 67.0 Å². The molecule has 2 fully saturated rings. The molecule has 12 N–H and O–H groups in total. The summed E-state index contributed by atoms with van der Waals surface area (Å²) in [5, 5.41) is 57.6. The maximum absolute atomic E-state index is 15.7. The van der Waals surface area contributed by atoms with Gasteiger partial charge in [0.25, 0.3) is 0 Å². The van der Waals surface area contributed by atoms with Gasteiger partial charge in [-0.3, -0.25) is 38.1 Å². The van der Waals surface area contributed by atoms with E-state index < -0.39 is 132 Å². The molecule has 1 saturated carbocycles. The van der Waals surface area contributed by atoms with Gasteiger partial charge in [-0.1, -0.05) is 179 Å². The van der Waals surface area contributed by atoms with E-state index in [1.807, 2.05) is 6.92 Å². The Balaban J connectivity index is 1.46. The van der Waals surface area contributed by atoms with E-state index in [0.717, 1.165) is 79.4 Å². The molecule has 100 heavy (non-hydrogen) atoms. The Morgan fingerprint density at radius 1 is 0.640 bits per heavy atom. The third-order valence-corrected chi connectivity index (χ3v) is 20.4. The number of fused-ring (bicyclic) bond motifs is 1. The van der Waals surface area contributed by atoms with E-state index in [4.69, 9.17) is 14.2 Å². The number of nitrogens with one attached hydrogen (secondary N) is 9. The number of unbranched alkanes of at least 4 members (excludes halogenated alkanes) is 9. The molecule has 1 aliphatic heterocycles. The smallest absolute Gasteiger partial charge is 0.418 e. The molecular formula is C72H104N10O16S2. The van der Waals surface area contributed by atoms with Crippen molar-refractivity contribution in [2.45, 2.75) is 217 Å². The molecule has 2 aliphatic rings. The first kappa shape index (κ1) is 81.0. The number of rotatable bonds is 33. The van der Waals surface area contributed by atoms with Crippen molar-refractivity contribution < 1.29 is 77.5 Å². The number of aromatic nitrogens is 1. The number of hydrogen-bond acceptors (Lipinski definition) is 18. The van der Waals surface area contributed by atoms with Gasteiger partial charge in [0.15, 0.2) is 0 Å². The molecule has 4 aromatic rings. The minimum absolute atomic E-state index is 0.0451. The van der Waals surface area contributed by atoms with Gasteiger partial charge in [0.2, 0.25) is 41.4 Å². The van der Waals surface area contributed by atoms with Crippen LogP contribution in [0.25, 0.3) is 10.9 Å². The summed E-state index contributed by atoms with van der Waals surface area (Å²) in [6.07, 6.45) is 6.46. The van der Waals surface area contributed by atoms with Crippen LogP contribution in [0.3, 0.4) is 0 Å². The zero-order chi connectivity index (χ0) is 72.6. The number of ether oxygens (including phenoxy) is 3. The van der Waals surface area contributed by atoms with Crippen molar-refractivity contribution in [1.29, 1.82) is 0 Å². The predicted molar refractivity (Wildman–Crippen MR) is 383 cm³/mol. The van der Waals surface area contributed by atoms with E-state index >= 15 is 19.2 Å². The number of amides is 9. The highest BCUT2D eigenvalue weighted by Gasteiger charge is 2.62. The summed E-state index contributed by atoms with van der Waals surface area (Å²) < 4.78 is 17.9. The normalized spacial score (nSPS) is 22.1. The minimum Gasteiger partial charge on any atom is -0.450 e. The Labute approximate surface area is 594 Å². The summed E-state index contributed by atoms with van der Waals surface area (Å²) in [6.45, 7) is 9.83. The second-order valence-electron chi connectivity index (χ2n) is 26.0. The molecular weight excluding hydrogens is 1320 g/mol. The number of aliphatic hydroxyl groups is 3. The van der Waals surface area contributed by atoms with Crippen LogP contribution >= 0.6 is 21.6 Å². The first-order valence-electron chi connectivity index (χ1n) is 35.1. The standard InChI is InChI=1S/C72H104N10O16S2/c1-7-10-13-24-36-96-68(93)73-35-27-32-52-42-72(52)67(92)81-71(6,48(5)85)66(91)78-59(64(89)76-57(44-83)47(4)84)46-100-99-45-58(77-62(87)55(40-50-30-20-17-21-31-50)79-69(94)97-37-25-14-11-8-2)63(88)74-54(39-49-28-18-16-19-29-49)61(86)75-56(65(90)80-72)41-51-43-82(60-34-23-22-33-53(51)60)70(95)98-38-26-15-12-9-3/h16-23,28-31,33-34,43,47-48,52,54-59,83-85H,7-15,24-27,32,35-42,44-46H2,1-6H3,(H,73,93)(H,74,88)(H,75,86)(H,76,89)(H,77,87)(H,78,91)(H,79,94)(H,80,90)(H,81,92)/t47-,48?,52+,54+,55?,56-,57-,58+,59+,71+,72?/m1/s1. The summed E-state index contributed by atoms with van der Waals surface area (Å²) in [4.78, 5) is 146. The van der Waals surface area contributed by atoms with Crippen LogP contribution in [0, 0.1) is 5.92 Å². The lowest BCUT2D eigenvalue weighted by molar-refractivity contribution is -0.141. The van der Waals surface area contributed by atoms with Gasteiger partial charge in [0.1, 0.15) is 41.3 Å². The van der Waals surface area contributed by atoms with Crippen LogP contribution in [0.15, 0.2) is 91.1 Å². The summed E-state index contributed by atoms with van der Waals surface area (Å²) in [5.41, 5.74) is -2.12. The molecule has 1 aromatic heterocycles. The van der Waals surface area contributed by atoms with Crippen LogP contribution in [0.2, 0.25) is 0 Å². The number of benzene rings is 3. The Morgan fingerprint density at radius 2 is 1.22 bits per heavy atom. The van der Waals surface area contributed by atoms with Crippen molar-refractivity contribution in [3.05, 3.63) is 108 Å². The summed E-state index contributed by atoms with van der Waals surface area (Å²) in [5.74, 6) is -7.73. The number of nitrogens with zero attached hydrogens (tertiary/aromatic N) is 1. The lowest BCUT2D eigenvalue weighted by Gasteiger charge is -2.36. The van der Waals surface area contributed by atoms with Crippen molar-refractivity contribution in [2.75, 3.05) is 44.5 Å². The van der Waals surface area contributed by atoms with Crippen LogP contribution in [0.5, 0.6) is 0 Å². The highest BCUT2D eigenvalue weighted by Crippen LogP contribution is 2.47. The summed E-state index contributed by atoms with van der Waals surface area (Å²) >= 11 is 0. The molecule has 0 bridgehead atoms. The molecule has 9 amide bonds. The molecule has 1 saturated heterocycles. The van der Waals surface area contributed by atoms with Crippen LogP contribution < -0.4 is 47.9 Å². The Kier molecular flexibility index (Phi) is 33.8. The average Bonchev–Trinajstić information content (AvgIpc) is 1.57. The van der Waals surface area contributed by atoms with Gasteiger partial charge in [0, 0.05) is 48.9 Å². The van der Waals surface area contributed by atoms with Gasteiger partial charge >= 0.3 is 18.3 Å². The average molecular weight is 1430 g/mol. The number of carbonyl (C=O) groups excluding carboxylic acids is 10. The monoisotopic (exact) mass is 1430 g/mol. The van der Waals surface area contributed by atoms with Crippen molar-refractivity contribution in [3.8, 4) is 0 Å². The Bertz CT molecular complexity index is 3310. The number of aliphatic hydroxyl groups excluding tert-OH is 3. The topological polar surface area (TPSA) is 372 Å². The predicted octanol–water partition coefficient (Wildman–Crippen LogP) is 6.32. The lowest BCUT2D eigenvalue weighted by Crippen LogP contribution is -2.68. The molecule has 1 spiro atoms. The Hall–Kier alpha value is -7.92. The second kappa shape index (κ2) is 41.7. The SMILES string of the molecule is CCCCCCOC(=O)NCCC[C@H]1CC12NC(=O)[C@@H](Cc1cn(C(=O)OCCCCCC)c3ccccc13)NC(=O)[C@H](Cc1ccccc1)NC(=O)[C@@H](NC(=O)C(Cc1ccccc1)NC(=O)OCCCCCC)CSSC[C@@H](C(=O)N[C@H](CO)[C@@H](C)O)NC(=O)[C@](C)(C(C)O)NC2=O. The van der Waals surface area contributed by atoms with Gasteiger partial charge in [-0.05, 0) is 88.0 Å². The van der Waals surface area contributed by atoms with E-state index in [1.165, 1.54) is 31.5 Å². The first-order valence-corrected chi connectivity index (χ1v) is 37.6. The summed E-state index contributed by atoms with van der Waals surface area (Å²) in [7, 11) is 1.93. The fraction of sp³-hybridized carbons (Fsp3) is 0.583. The van der Waals surface area contributed by atoms with Crippen LogP contribution in [-0.4, -0.2) is 184 Å². The second-order valence-corrected chi connectivity index (χ2v) is 28.5. The highest BCUT2D eigenvalue weighted by molar-refractivity contribution is 8.76. The number of alkyl carbamates (subject to hydrolysis) is 2. The maximum Gasteiger partial charge on any atom is 0.418 e. The molecule has 2 heterocycles. The van der Waals surface area contributed by atoms with Gasteiger partial charge in [-0.25, -0.2) is 14.4 Å². The molecule has 11 atom stereocenters. The molecule has 1 aliphatic carbocycles. The lowest BCUT2D eigenvalue weighted by atomic mass is 9.92. The van der Waals surface area contributed by atoms with E-state index in [-0.39, 0.29) is 76.4 Å². The summed E-state index contributed by atoms with van der Waals surface area (Å²) in [6, 6.07) is 15.6. The van der Waals surface area contributed by atoms with Gasteiger partial charge in [-0.2, -0.15) is 0 Å². The fourth-order valence-electron chi connectivity index (χ4n) is 11.5. The molecule has 6 rings (SSSR count). The fourth-order valence-corrected chi connectivity index (χ4v) is 13.9. The van der Waals surface area contributed by atoms with Crippen LogP contribution in [0.1, 0.15) is 155 Å². The third kappa shape index (κ3) is 25.0. The highest BCUT2D eigenvalue weighted by atomic mass is 33.1. The third-order valence-electron chi connectivity index (χ3n) is 18.0. The van der Waals surface area contributed by atoms with Crippen LogP contribution in [0.4, 0.5) is 14.4 Å². The Morgan fingerprint density at radius 3 is 1.84 bits per heavy atom. The number of para-hydroxylation sites is 1. The van der Waals surface area contributed by atoms with Crippen molar-refractivity contribution >= 4 is 92.1 Å². The zero-order valence-corrected chi connectivity index (χ0v) is 60.1. The van der Waals surface area contributed by atoms with Crippen molar-refractivity contribution in [3.63, 3.8) is 0 Å². The van der Waals surface area contributed by atoms with E-state index in [9.17, 15) is 44.1 Å². The van der Waals surface area contributed by atoms with Gasteiger partial charge in [0.05, 0.1) is 50.2 Å². The van der Waals surface area contributed by atoms with Crippen molar-refractivity contribution in [2.24, 2.45) is 5.92 Å². The molecule has 550 valence electrons. The van der Waals surface area contributed by atoms with Gasteiger partial charge < -0.3 is 77.4 Å². The van der Waals surface area contributed by atoms with E-state index in [2.05, 4.69) is 61.7 Å². The maximum atomic E-state index is 15.7. The van der Waals surface area contributed by atoms with Crippen molar-refractivity contribution in [1.82, 2.24) is 52.4 Å². The zero-order valence-electron chi connectivity index (χ0n) is 58.4.